The third-order valence-electron chi connectivity index (χ3n) is 3.63. The van der Waals surface area contributed by atoms with Gasteiger partial charge in [-0.15, -0.1) is 0 Å². The van der Waals surface area contributed by atoms with Crippen LogP contribution < -0.4 is 16.8 Å². The monoisotopic (exact) mass is 444 g/mol. The highest BCUT2D eigenvalue weighted by atomic mass is 32.2. The van der Waals surface area contributed by atoms with Crippen molar-refractivity contribution in [3.63, 3.8) is 0 Å². The van der Waals surface area contributed by atoms with Crippen LogP contribution in [-0.4, -0.2) is 64.0 Å². The molecule has 12 heteroatoms. The number of nitrogens with one attached hydrogen (secondary N) is 1. The van der Waals surface area contributed by atoms with Gasteiger partial charge in [0.2, 0.25) is 0 Å². The predicted octanol–water partition coefficient (Wildman–Crippen LogP) is 0.630. The number of allylic oxidation sites excluding steroid dienone is 1. The van der Waals surface area contributed by atoms with Crippen molar-refractivity contribution in [3.8, 4) is 0 Å². The summed E-state index contributed by atoms with van der Waals surface area (Å²) in [6.07, 6.45) is 8.54. The van der Waals surface area contributed by atoms with Gasteiger partial charge in [-0.05, 0) is 57.9 Å². The largest absolute Gasteiger partial charge is 0.370 e. The van der Waals surface area contributed by atoms with E-state index in [4.69, 9.17) is 20.6 Å². The van der Waals surface area contributed by atoms with Crippen LogP contribution in [0.4, 0.5) is 0 Å². The molecule has 10 nitrogen and oxygen atoms in total. The first-order valence-corrected chi connectivity index (χ1v) is 12.5. The van der Waals surface area contributed by atoms with E-state index in [1.807, 2.05) is 0 Å². The van der Waals surface area contributed by atoms with Crippen molar-refractivity contribution in [2.75, 3.05) is 32.1 Å². The van der Waals surface area contributed by atoms with E-state index in [2.05, 4.69) is 30.2 Å². The minimum atomic E-state index is -3.67. The second-order valence-electron chi connectivity index (χ2n) is 6.98. The van der Waals surface area contributed by atoms with Gasteiger partial charge in [-0.1, -0.05) is 11.6 Å². The van der Waals surface area contributed by atoms with Crippen molar-refractivity contribution in [3.05, 3.63) is 11.6 Å². The van der Waals surface area contributed by atoms with E-state index in [9.17, 15) is 16.8 Å². The maximum Gasteiger partial charge on any atom is 0.261 e. The minimum absolute atomic E-state index is 0.563. The molecule has 0 radical (unpaired) electrons. The third kappa shape index (κ3) is 29.5. The molecule has 0 spiro atoms. The maximum atomic E-state index is 9.19. The molecule has 0 saturated heterocycles. The minimum Gasteiger partial charge on any atom is -0.370 e. The Morgan fingerprint density at radius 3 is 1.79 bits per heavy atom. The lowest BCUT2D eigenvalue weighted by Gasteiger charge is -2.27. The van der Waals surface area contributed by atoms with Gasteiger partial charge >= 0.3 is 0 Å². The van der Waals surface area contributed by atoms with Gasteiger partial charge in [0.15, 0.2) is 5.96 Å². The van der Waals surface area contributed by atoms with Crippen LogP contribution in [0.15, 0.2) is 16.6 Å². The lowest BCUT2D eigenvalue weighted by atomic mass is 9.82. The molecule has 28 heavy (non-hydrogen) atoms. The Balaban J connectivity index is 0. The lowest BCUT2D eigenvalue weighted by molar-refractivity contribution is 0.279. The summed E-state index contributed by atoms with van der Waals surface area (Å²) in [5.41, 5.74) is 12.8. The Morgan fingerprint density at radius 1 is 1.04 bits per heavy atom. The molecular formula is C16H36N4O6S2. The molecule has 0 amide bonds. The Kier molecular flexibility index (Phi) is 15.3. The lowest BCUT2D eigenvalue weighted by Crippen LogP contribution is -2.37. The molecule has 0 aromatic carbocycles. The SMILES string of the molecule is CC(C)=CCN=C(N)NCC1CCC(CN)CC1.CS(=O)(=O)O.CS(=O)(=O)O. The number of nitrogens with zero attached hydrogens (tertiary/aromatic N) is 1. The van der Waals surface area contributed by atoms with E-state index in [1.165, 1.54) is 31.3 Å². The molecule has 0 aromatic heterocycles. The molecule has 7 N–H and O–H groups in total. The predicted molar refractivity (Wildman–Crippen MR) is 113 cm³/mol. The molecule has 0 heterocycles. The van der Waals surface area contributed by atoms with Gasteiger partial charge in [0, 0.05) is 6.54 Å². The van der Waals surface area contributed by atoms with E-state index >= 15 is 0 Å². The van der Waals surface area contributed by atoms with Gasteiger partial charge in [0.25, 0.3) is 20.2 Å². The van der Waals surface area contributed by atoms with Crippen molar-refractivity contribution < 1.29 is 25.9 Å². The Labute approximate surface area is 169 Å². The molecule has 0 bridgehead atoms. The standard InChI is InChI=1S/C14H28N4.2CH4O3S/c1-11(2)7-8-17-14(16)18-10-13-5-3-12(9-15)4-6-13;2*1-5(2,3)4/h7,12-13H,3-6,8-10,15H2,1-2H3,(H3,16,17,18);2*1H3,(H,2,3,4). The Hall–Kier alpha value is -1.21. The second-order valence-corrected chi connectivity index (χ2v) is 9.91. The second kappa shape index (κ2) is 14.7. The highest BCUT2D eigenvalue weighted by molar-refractivity contribution is 7.85. The molecular weight excluding hydrogens is 408 g/mol. The highest BCUT2D eigenvalue weighted by Crippen LogP contribution is 2.27. The fraction of sp³-hybridized carbons (Fsp3) is 0.812. The summed E-state index contributed by atoms with van der Waals surface area (Å²) in [6.45, 7) is 6.58. The van der Waals surface area contributed by atoms with Gasteiger partial charge in [-0.25, -0.2) is 4.99 Å². The quantitative estimate of drug-likeness (QED) is 0.175. The molecule has 0 aliphatic heterocycles. The van der Waals surface area contributed by atoms with Crippen molar-refractivity contribution >= 4 is 26.2 Å². The summed E-state index contributed by atoms with van der Waals surface area (Å²) in [7, 11) is -7.33. The summed E-state index contributed by atoms with van der Waals surface area (Å²) in [6, 6.07) is 0. The van der Waals surface area contributed by atoms with E-state index in [0.29, 0.717) is 25.0 Å². The van der Waals surface area contributed by atoms with Crippen LogP contribution in [0.5, 0.6) is 0 Å². The van der Waals surface area contributed by atoms with Gasteiger partial charge in [-0.3, -0.25) is 9.11 Å². The van der Waals surface area contributed by atoms with Crippen LogP contribution in [0.3, 0.4) is 0 Å². The van der Waals surface area contributed by atoms with Gasteiger partial charge in [0.1, 0.15) is 0 Å². The first-order chi connectivity index (χ1) is 12.6. The van der Waals surface area contributed by atoms with Crippen molar-refractivity contribution in [1.29, 1.82) is 0 Å². The molecule has 168 valence electrons. The summed E-state index contributed by atoms with van der Waals surface area (Å²) < 4.78 is 51.7. The fourth-order valence-corrected chi connectivity index (χ4v) is 2.30. The van der Waals surface area contributed by atoms with Crippen LogP contribution in [0.25, 0.3) is 0 Å². The first-order valence-electron chi connectivity index (χ1n) is 8.84. The number of aliphatic imine (C=N–C) groups is 1. The number of rotatable bonds is 5. The molecule has 1 saturated carbocycles. The van der Waals surface area contributed by atoms with Crippen molar-refractivity contribution in [2.24, 2.45) is 28.3 Å². The molecule has 0 unspecified atom stereocenters. The fourth-order valence-electron chi connectivity index (χ4n) is 2.30. The molecule has 0 aromatic rings. The van der Waals surface area contributed by atoms with E-state index in [-0.39, 0.29) is 0 Å². The van der Waals surface area contributed by atoms with Gasteiger partial charge in [-0.2, -0.15) is 16.8 Å². The summed E-state index contributed by atoms with van der Waals surface area (Å²) in [5, 5.41) is 3.23. The summed E-state index contributed by atoms with van der Waals surface area (Å²) in [5.74, 6) is 2.03. The third-order valence-corrected chi connectivity index (χ3v) is 3.63. The first kappa shape index (κ1) is 29.0. The van der Waals surface area contributed by atoms with Crippen molar-refractivity contribution in [1.82, 2.24) is 5.32 Å². The zero-order chi connectivity index (χ0) is 22.4. The van der Waals surface area contributed by atoms with Crippen LogP contribution in [0.1, 0.15) is 39.5 Å². The summed E-state index contributed by atoms with van der Waals surface area (Å²) >= 11 is 0. The van der Waals surface area contributed by atoms with Gasteiger partial charge in [0.05, 0.1) is 19.1 Å². The van der Waals surface area contributed by atoms with E-state index < -0.39 is 20.2 Å². The highest BCUT2D eigenvalue weighted by Gasteiger charge is 2.19. The van der Waals surface area contributed by atoms with Crippen LogP contribution in [0.2, 0.25) is 0 Å². The van der Waals surface area contributed by atoms with Crippen LogP contribution in [-0.2, 0) is 20.2 Å². The molecule has 0 atom stereocenters. The molecule has 1 fully saturated rings. The topological polar surface area (TPSA) is 185 Å². The zero-order valence-corrected chi connectivity index (χ0v) is 18.8. The Bertz CT molecular complexity index is 632. The number of nitrogens with two attached hydrogens (primary N) is 2. The molecule has 1 rings (SSSR count). The summed E-state index contributed by atoms with van der Waals surface area (Å²) in [4.78, 5) is 4.27. The van der Waals surface area contributed by atoms with Crippen LogP contribution >= 0.6 is 0 Å². The van der Waals surface area contributed by atoms with Crippen molar-refractivity contribution in [2.45, 2.75) is 39.5 Å². The molecule has 1 aliphatic rings. The zero-order valence-electron chi connectivity index (χ0n) is 17.1. The van der Waals surface area contributed by atoms with Crippen LogP contribution in [0, 0.1) is 11.8 Å². The Morgan fingerprint density at radius 2 is 1.43 bits per heavy atom. The molecule has 1 aliphatic carbocycles. The average molecular weight is 445 g/mol. The van der Waals surface area contributed by atoms with Gasteiger partial charge < -0.3 is 16.8 Å². The number of hydrogen-bond donors (Lipinski definition) is 5. The number of guanidine groups is 1. The number of hydrogen-bond acceptors (Lipinski definition) is 6. The van der Waals surface area contributed by atoms with E-state index in [1.54, 1.807) is 0 Å². The van der Waals surface area contributed by atoms with E-state index in [0.717, 1.165) is 24.9 Å². The average Bonchev–Trinajstić information content (AvgIpc) is 2.50. The maximum absolute atomic E-state index is 9.19. The smallest absolute Gasteiger partial charge is 0.261 e. The normalized spacial score (nSPS) is 20.0.